The number of amides is 1. The van der Waals surface area contributed by atoms with Gasteiger partial charge in [-0.3, -0.25) is 4.79 Å². The van der Waals surface area contributed by atoms with E-state index in [2.05, 4.69) is 25.9 Å². The predicted molar refractivity (Wildman–Crippen MR) is 86.2 cm³/mol. The van der Waals surface area contributed by atoms with Crippen LogP contribution in [0.1, 0.15) is 10.5 Å². The van der Waals surface area contributed by atoms with Crippen molar-refractivity contribution in [3.05, 3.63) is 57.7 Å². The molecular formula is C15H9BrClN3O. The molecule has 3 aromatic rings. The molecule has 1 aromatic heterocycles. The third-order valence-corrected chi connectivity index (χ3v) is 3.85. The summed E-state index contributed by atoms with van der Waals surface area (Å²) in [7, 11) is 0. The van der Waals surface area contributed by atoms with Gasteiger partial charge < -0.3 is 5.73 Å². The molecule has 0 aliphatic carbocycles. The Morgan fingerprint density at radius 2 is 1.81 bits per heavy atom. The fraction of sp³-hybridized carbons (Fsp3) is 0. The summed E-state index contributed by atoms with van der Waals surface area (Å²) in [5.41, 5.74) is 6.88. The molecule has 0 saturated heterocycles. The zero-order valence-corrected chi connectivity index (χ0v) is 13.0. The molecular weight excluding hydrogens is 354 g/mol. The number of hydrogen-bond donors (Lipinski definition) is 1. The number of benzene rings is 2. The Hall–Kier alpha value is -1.98. The fourth-order valence-corrected chi connectivity index (χ4v) is 2.51. The summed E-state index contributed by atoms with van der Waals surface area (Å²) in [6.07, 6.45) is 0. The monoisotopic (exact) mass is 361 g/mol. The largest absolute Gasteiger partial charge is 0.364 e. The van der Waals surface area contributed by atoms with Crippen LogP contribution in [-0.4, -0.2) is 15.9 Å². The molecule has 6 heteroatoms. The lowest BCUT2D eigenvalue weighted by atomic mass is 10.1. The zero-order valence-electron chi connectivity index (χ0n) is 10.7. The Morgan fingerprint density at radius 1 is 1.10 bits per heavy atom. The number of primary amides is 1. The smallest absolute Gasteiger partial charge is 0.268 e. The number of nitrogens with zero attached hydrogens (tertiary/aromatic N) is 2. The van der Waals surface area contributed by atoms with Gasteiger partial charge in [0.1, 0.15) is 5.69 Å². The summed E-state index contributed by atoms with van der Waals surface area (Å²) in [6.45, 7) is 0. The van der Waals surface area contributed by atoms with Crippen molar-refractivity contribution >= 4 is 44.3 Å². The SMILES string of the molecule is NC(=O)c1nc(-c2ccc(Br)cc2)nc2c(Cl)cccc12. The first kappa shape index (κ1) is 14.0. The second kappa shape index (κ2) is 5.42. The van der Waals surface area contributed by atoms with Gasteiger partial charge in [0.25, 0.3) is 5.91 Å². The number of rotatable bonds is 2. The van der Waals surface area contributed by atoms with E-state index in [1.54, 1.807) is 18.2 Å². The first-order valence-electron chi connectivity index (χ1n) is 6.08. The van der Waals surface area contributed by atoms with Gasteiger partial charge in [-0.1, -0.05) is 51.8 Å². The van der Waals surface area contributed by atoms with Crippen LogP contribution >= 0.6 is 27.5 Å². The highest BCUT2D eigenvalue weighted by Crippen LogP contribution is 2.27. The maximum atomic E-state index is 11.6. The van der Waals surface area contributed by atoms with Crippen LogP contribution in [0.25, 0.3) is 22.3 Å². The van der Waals surface area contributed by atoms with Crippen molar-refractivity contribution in [2.75, 3.05) is 0 Å². The van der Waals surface area contributed by atoms with Gasteiger partial charge in [0.15, 0.2) is 5.82 Å². The van der Waals surface area contributed by atoms with E-state index in [1.165, 1.54) is 0 Å². The van der Waals surface area contributed by atoms with Crippen LogP contribution in [-0.2, 0) is 0 Å². The number of aromatic nitrogens is 2. The number of carbonyl (C=O) groups excluding carboxylic acids is 1. The van der Waals surface area contributed by atoms with E-state index < -0.39 is 5.91 Å². The van der Waals surface area contributed by atoms with E-state index in [9.17, 15) is 4.79 Å². The molecule has 2 aromatic carbocycles. The van der Waals surface area contributed by atoms with Crippen LogP contribution in [0.4, 0.5) is 0 Å². The second-order valence-electron chi connectivity index (χ2n) is 4.40. The van der Waals surface area contributed by atoms with Crippen LogP contribution < -0.4 is 5.73 Å². The number of halogens is 2. The van der Waals surface area contributed by atoms with Crippen LogP contribution in [0.2, 0.25) is 5.02 Å². The van der Waals surface area contributed by atoms with Crippen LogP contribution in [0, 0.1) is 0 Å². The van der Waals surface area contributed by atoms with Gasteiger partial charge in [-0.2, -0.15) is 0 Å². The third kappa shape index (κ3) is 2.62. The zero-order chi connectivity index (χ0) is 15.0. The van der Waals surface area contributed by atoms with Gasteiger partial charge in [0.05, 0.1) is 10.5 Å². The maximum absolute atomic E-state index is 11.6. The first-order chi connectivity index (χ1) is 10.1. The summed E-state index contributed by atoms with van der Waals surface area (Å²) < 4.78 is 0.945. The van der Waals surface area contributed by atoms with Crippen molar-refractivity contribution in [1.29, 1.82) is 0 Å². The number of fused-ring (bicyclic) bond motifs is 1. The lowest BCUT2D eigenvalue weighted by Crippen LogP contribution is -2.15. The molecule has 1 amide bonds. The Bertz CT molecular complexity index is 849. The van der Waals surface area contributed by atoms with Crippen molar-refractivity contribution in [1.82, 2.24) is 9.97 Å². The summed E-state index contributed by atoms with van der Waals surface area (Å²) in [4.78, 5) is 20.4. The molecule has 0 fully saturated rings. The quantitative estimate of drug-likeness (QED) is 0.753. The van der Waals surface area contributed by atoms with Gasteiger partial charge in [-0.15, -0.1) is 0 Å². The molecule has 104 valence electrons. The highest BCUT2D eigenvalue weighted by Gasteiger charge is 2.15. The van der Waals surface area contributed by atoms with Crippen molar-refractivity contribution < 1.29 is 4.79 Å². The summed E-state index contributed by atoms with van der Waals surface area (Å²) in [5.74, 6) is -0.195. The average molecular weight is 363 g/mol. The highest BCUT2D eigenvalue weighted by atomic mass is 79.9. The third-order valence-electron chi connectivity index (χ3n) is 3.01. The van der Waals surface area contributed by atoms with Crippen LogP contribution in [0.3, 0.4) is 0 Å². The lowest BCUT2D eigenvalue weighted by molar-refractivity contribution is 0.0997. The standard InChI is InChI=1S/C15H9BrClN3O/c16-9-6-4-8(5-7-9)15-19-12-10(2-1-3-11(12)17)13(20-15)14(18)21/h1-7H,(H2,18,21). The molecule has 1 heterocycles. The second-order valence-corrected chi connectivity index (χ2v) is 5.73. The van der Waals surface area contributed by atoms with Crippen LogP contribution in [0.5, 0.6) is 0 Å². The van der Waals surface area contributed by atoms with E-state index in [-0.39, 0.29) is 5.69 Å². The van der Waals surface area contributed by atoms with E-state index >= 15 is 0 Å². The average Bonchev–Trinajstić information content (AvgIpc) is 2.47. The van der Waals surface area contributed by atoms with Crippen molar-refractivity contribution in [3.8, 4) is 11.4 Å². The van der Waals surface area contributed by atoms with E-state index in [0.717, 1.165) is 10.0 Å². The van der Waals surface area contributed by atoms with Gasteiger partial charge >= 0.3 is 0 Å². The number of para-hydroxylation sites is 1. The summed E-state index contributed by atoms with van der Waals surface area (Å²) >= 11 is 9.54. The highest BCUT2D eigenvalue weighted by molar-refractivity contribution is 9.10. The lowest BCUT2D eigenvalue weighted by Gasteiger charge is -2.07. The molecule has 2 N–H and O–H groups in total. The Morgan fingerprint density at radius 3 is 2.48 bits per heavy atom. The van der Waals surface area contributed by atoms with E-state index in [4.69, 9.17) is 17.3 Å². The Kier molecular flexibility index (Phi) is 3.61. The molecule has 0 saturated carbocycles. The fourth-order valence-electron chi connectivity index (χ4n) is 2.03. The normalized spacial score (nSPS) is 10.8. The molecule has 0 unspecified atom stereocenters. The summed E-state index contributed by atoms with van der Waals surface area (Å²) in [5, 5.41) is 1.01. The van der Waals surface area contributed by atoms with Gasteiger partial charge in [-0.25, -0.2) is 9.97 Å². The molecule has 4 nitrogen and oxygen atoms in total. The van der Waals surface area contributed by atoms with Crippen molar-refractivity contribution in [2.24, 2.45) is 5.73 Å². The molecule has 21 heavy (non-hydrogen) atoms. The minimum atomic E-state index is -0.608. The molecule has 0 atom stereocenters. The minimum Gasteiger partial charge on any atom is -0.364 e. The number of hydrogen-bond acceptors (Lipinski definition) is 3. The molecule has 0 radical (unpaired) electrons. The number of carbonyl (C=O) groups is 1. The number of nitrogens with two attached hydrogens (primary N) is 1. The Labute approximate surface area is 134 Å². The maximum Gasteiger partial charge on any atom is 0.268 e. The minimum absolute atomic E-state index is 0.167. The van der Waals surface area contributed by atoms with Gasteiger partial charge in [0, 0.05) is 15.4 Å². The van der Waals surface area contributed by atoms with Crippen molar-refractivity contribution in [3.63, 3.8) is 0 Å². The molecule has 0 aliphatic rings. The van der Waals surface area contributed by atoms with E-state index in [1.807, 2.05) is 24.3 Å². The summed E-state index contributed by atoms with van der Waals surface area (Å²) in [6, 6.07) is 12.6. The first-order valence-corrected chi connectivity index (χ1v) is 7.25. The van der Waals surface area contributed by atoms with Crippen LogP contribution in [0.15, 0.2) is 46.9 Å². The Balaban J connectivity index is 2.32. The molecule has 0 aliphatic heterocycles. The van der Waals surface area contributed by atoms with Gasteiger partial charge in [0.2, 0.25) is 0 Å². The van der Waals surface area contributed by atoms with Gasteiger partial charge in [-0.05, 0) is 18.2 Å². The molecule has 0 spiro atoms. The predicted octanol–water partition coefficient (Wildman–Crippen LogP) is 3.81. The van der Waals surface area contributed by atoms with Crippen molar-refractivity contribution in [2.45, 2.75) is 0 Å². The van der Waals surface area contributed by atoms with E-state index in [0.29, 0.717) is 21.7 Å². The topological polar surface area (TPSA) is 68.9 Å². The molecule has 3 rings (SSSR count). The molecule has 0 bridgehead atoms.